The van der Waals surface area contributed by atoms with Gasteiger partial charge in [-0.15, -0.1) is 0 Å². The lowest BCUT2D eigenvalue weighted by molar-refractivity contribution is -0.384. The average molecular weight is 221 g/mol. The van der Waals surface area contributed by atoms with Crippen LogP contribution in [0.25, 0.3) is 0 Å². The molecule has 1 fully saturated rings. The van der Waals surface area contributed by atoms with E-state index < -0.39 is 4.92 Å². The van der Waals surface area contributed by atoms with Crippen LogP contribution in [-0.2, 0) is 0 Å². The van der Waals surface area contributed by atoms with E-state index >= 15 is 0 Å². The zero-order chi connectivity index (χ0) is 11.6. The number of nitrogens with zero attached hydrogens (tertiary/aromatic N) is 2. The minimum atomic E-state index is -0.402. The molecule has 0 bridgehead atoms. The van der Waals surface area contributed by atoms with Crippen molar-refractivity contribution < 1.29 is 4.92 Å². The quantitative estimate of drug-likeness (QED) is 0.613. The van der Waals surface area contributed by atoms with E-state index in [4.69, 9.17) is 0 Å². The molecule has 0 aromatic carbocycles. The Bertz CT molecular complexity index is 402. The Morgan fingerprint density at radius 3 is 2.94 bits per heavy atom. The summed E-state index contributed by atoms with van der Waals surface area (Å²) in [5, 5.41) is 13.9. The van der Waals surface area contributed by atoms with Gasteiger partial charge in [0.1, 0.15) is 11.9 Å². The summed E-state index contributed by atoms with van der Waals surface area (Å²) in [5.41, 5.74) is 0.992. The minimum Gasteiger partial charge on any atom is -0.379 e. The summed E-state index contributed by atoms with van der Waals surface area (Å²) in [7, 11) is 0. The van der Waals surface area contributed by atoms with Crippen LogP contribution in [-0.4, -0.2) is 16.5 Å². The lowest BCUT2D eigenvalue weighted by Crippen LogP contribution is -2.15. The summed E-state index contributed by atoms with van der Waals surface area (Å²) in [6.45, 7) is 2.98. The molecular weight excluding hydrogens is 206 g/mol. The number of aromatic nitrogens is 1. The molecule has 1 aromatic heterocycles. The molecule has 0 atom stereocenters. The van der Waals surface area contributed by atoms with Gasteiger partial charge in [0.05, 0.1) is 4.92 Å². The van der Waals surface area contributed by atoms with E-state index in [-0.39, 0.29) is 5.69 Å². The first kappa shape index (κ1) is 10.9. The molecule has 5 heteroatoms. The van der Waals surface area contributed by atoms with Gasteiger partial charge in [0.2, 0.25) is 0 Å². The van der Waals surface area contributed by atoms with E-state index in [1.807, 2.05) is 0 Å². The van der Waals surface area contributed by atoms with Crippen LogP contribution < -0.4 is 5.32 Å². The standard InChI is InChI=1S/C11H15N3O2/c1-2-11(4-5-11)8-13-9-3-6-12-7-10(9)14(15)16/h3,6-7H,2,4-5,8H2,1H3,(H,12,13). The first-order chi connectivity index (χ1) is 7.67. The predicted octanol–water partition coefficient (Wildman–Crippen LogP) is 2.59. The van der Waals surface area contributed by atoms with Gasteiger partial charge >= 0.3 is 5.69 Å². The van der Waals surface area contributed by atoms with Crippen molar-refractivity contribution in [3.63, 3.8) is 0 Å². The minimum absolute atomic E-state index is 0.0504. The highest BCUT2D eigenvalue weighted by molar-refractivity contribution is 5.59. The topological polar surface area (TPSA) is 68.1 Å². The molecule has 0 spiro atoms. The highest BCUT2D eigenvalue weighted by Crippen LogP contribution is 2.48. The first-order valence-corrected chi connectivity index (χ1v) is 5.49. The third kappa shape index (κ3) is 2.13. The molecule has 1 aromatic rings. The van der Waals surface area contributed by atoms with E-state index in [2.05, 4.69) is 17.2 Å². The summed E-state index contributed by atoms with van der Waals surface area (Å²) in [6, 6.07) is 1.66. The van der Waals surface area contributed by atoms with Crippen LogP contribution in [0, 0.1) is 15.5 Å². The lowest BCUT2D eigenvalue weighted by Gasteiger charge is -2.14. The zero-order valence-corrected chi connectivity index (χ0v) is 9.27. The monoisotopic (exact) mass is 221 g/mol. The van der Waals surface area contributed by atoms with Crippen LogP contribution >= 0.6 is 0 Å². The van der Waals surface area contributed by atoms with Crippen molar-refractivity contribution in [1.29, 1.82) is 0 Å². The Kier molecular flexibility index (Phi) is 2.77. The second kappa shape index (κ2) is 4.08. The van der Waals surface area contributed by atoms with Crippen LogP contribution in [0.4, 0.5) is 11.4 Å². The second-order valence-corrected chi connectivity index (χ2v) is 4.36. The first-order valence-electron chi connectivity index (χ1n) is 5.49. The Morgan fingerprint density at radius 2 is 2.38 bits per heavy atom. The molecule has 1 aliphatic carbocycles. The van der Waals surface area contributed by atoms with Crippen molar-refractivity contribution in [3.05, 3.63) is 28.6 Å². The number of nitro groups is 1. The van der Waals surface area contributed by atoms with Gasteiger partial charge in [0.15, 0.2) is 0 Å². The third-order valence-corrected chi connectivity index (χ3v) is 3.36. The molecule has 2 rings (SSSR count). The summed E-state index contributed by atoms with van der Waals surface area (Å²) >= 11 is 0. The van der Waals surface area contributed by atoms with Crippen LogP contribution in [0.15, 0.2) is 18.5 Å². The summed E-state index contributed by atoms with van der Waals surface area (Å²) in [4.78, 5) is 14.1. The molecule has 0 radical (unpaired) electrons. The lowest BCUT2D eigenvalue weighted by atomic mass is 10.0. The number of anilines is 1. The molecule has 0 amide bonds. The fourth-order valence-electron chi connectivity index (χ4n) is 1.80. The van der Waals surface area contributed by atoms with E-state index in [1.54, 1.807) is 12.3 Å². The molecule has 16 heavy (non-hydrogen) atoms. The smallest absolute Gasteiger partial charge is 0.310 e. The molecule has 0 aliphatic heterocycles. The van der Waals surface area contributed by atoms with Gasteiger partial charge in [-0.3, -0.25) is 15.1 Å². The van der Waals surface area contributed by atoms with Crippen LogP contribution in [0.1, 0.15) is 26.2 Å². The Morgan fingerprint density at radius 1 is 1.62 bits per heavy atom. The van der Waals surface area contributed by atoms with Gasteiger partial charge < -0.3 is 5.32 Å². The van der Waals surface area contributed by atoms with Crippen molar-refractivity contribution >= 4 is 11.4 Å². The molecule has 0 unspecified atom stereocenters. The van der Waals surface area contributed by atoms with Crippen molar-refractivity contribution in [2.45, 2.75) is 26.2 Å². The SMILES string of the molecule is CCC1(CNc2ccncc2[N+](=O)[O-])CC1. The maximum Gasteiger partial charge on any atom is 0.310 e. The number of rotatable bonds is 5. The Hall–Kier alpha value is -1.65. The van der Waals surface area contributed by atoms with Crippen molar-refractivity contribution in [2.75, 3.05) is 11.9 Å². The van der Waals surface area contributed by atoms with Gasteiger partial charge in [0.25, 0.3) is 0 Å². The Balaban J connectivity index is 2.06. The maximum absolute atomic E-state index is 10.8. The fourth-order valence-corrected chi connectivity index (χ4v) is 1.80. The van der Waals surface area contributed by atoms with E-state index in [0.29, 0.717) is 11.1 Å². The molecule has 5 nitrogen and oxygen atoms in total. The van der Waals surface area contributed by atoms with Crippen LogP contribution in [0.2, 0.25) is 0 Å². The molecule has 1 aliphatic rings. The number of hydrogen-bond donors (Lipinski definition) is 1. The van der Waals surface area contributed by atoms with Gasteiger partial charge in [-0.1, -0.05) is 6.92 Å². The van der Waals surface area contributed by atoms with E-state index in [1.165, 1.54) is 19.0 Å². The maximum atomic E-state index is 10.8. The molecule has 1 N–H and O–H groups in total. The highest BCUT2D eigenvalue weighted by atomic mass is 16.6. The summed E-state index contributed by atoms with van der Waals surface area (Å²) < 4.78 is 0. The largest absolute Gasteiger partial charge is 0.379 e. The molecular formula is C11H15N3O2. The second-order valence-electron chi connectivity index (χ2n) is 4.36. The van der Waals surface area contributed by atoms with Gasteiger partial charge in [0, 0.05) is 12.7 Å². The van der Waals surface area contributed by atoms with Gasteiger partial charge in [-0.25, -0.2) is 0 Å². The number of pyridine rings is 1. The summed E-state index contributed by atoms with van der Waals surface area (Å²) in [6.07, 6.45) is 6.42. The van der Waals surface area contributed by atoms with Crippen molar-refractivity contribution in [1.82, 2.24) is 4.98 Å². The van der Waals surface area contributed by atoms with Gasteiger partial charge in [-0.2, -0.15) is 0 Å². The van der Waals surface area contributed by atoms with Gasteiger partial charge in [-0.05, 0) is 30.7 Å². The molecule has 0 saturated heterocycles. The number of hydrogen-bond acceptors (Lipinski definition) is 4. The van der Waals surface area contributed by atoms with E-state index in [9.17, 15) is 10.1 Å². The third-order valence-electron chi connectivity index (χ3n) is 3.36. The van der Waals surface area contributed by atoms with Crippen molar-refractivity contribution in [2.24, 2.45) is 5.41 Å². The Labute approximate surface area is 94.0 Å². The molecule has 1 heterocycles. The van der Waals surface area contributed by atoms with E-state index in [0.717, 1.165) is 13.0 Å². The zero-order valence-electron chi connectivity index (χ0n) is 9.27. The average Bonchev–Trinajstić information content (AvgIpc) is 3.07. The fraction of sp³-hybridized carbons (Fsp3) is 0.545. The summed E-state index contributed by atoms with van der Waals surface area (Å²) in [5.74, 6) is 0. The highest BCUT2D eigenvalue weighted by Gasteiger charge is 2.40. The predicted molar refractivity (Wildman–Crippen MR) is 61.3 cm³/mol. The molecule has 1 saturated carbocycles. The molecule has 86 valence electrons. The van der Waals surface area contributed by atoms with Crippen LogP contribution in [0.3, 0.4) is 0 Å². The van der Waals surface area contributed by atoms with Crippen LogP contribution in [0.5, 0.6) is 0 Å². The van der Waals surface area contributed by atoms with Crippen molar-refractivity contribution in [3.8, 4) is 0 Å². The number of nitrogens with one attached hydrogen (secondary N) is 1. The normalized spacial score (nSPS) is 16.8.